The van der Waals surface area contributed by atoms with Gasteiger partial charge >= 0.3 is 6.18 Å². The first-order valence-electron chi connectivity index (χ1n) is 6.78. The molecule has 1 heterocycles. The van der Waals surface area contributed by atoms with E-state index in [1.54, 1.807) is 11.4 Å². The lowest BCUT2D eigenvalue weighted by molar-refractivity contribution is -0.137. The number of hydrogen-bond acceptors (Lipinski definition) is 3. The monoisotopic (exact) mass is 328 g/mol. The third-order valence-electron chi connectivity index (χ3n) is 3.16. The van der Waals surface area contributed by atoms with Gasteiger partial charge < -0.3 is 5.32 Å². The fraction of sp³-hybridized carbons (Fsp3) is 0.333. The third-order valence-corrected chi connectivity index (χ3v) is 3.75. The van der Waals surface area contributed by atoms with E-state index >= 15 is 0 Å². The van der Waals surface area contributed by atoms with Crippen LogP contribution >= 0.6 is 11.3 Å². The van der Waals surface area contributed by atoms with Crippen molar-refractivity contribution in [2.75, 3.05) is 0 Å². The second-order valence-electron chi connectivity index (χ2n) is 4.81. The highest BCUT2D eigenvalue weighted by Crippen LogP contribution is 2.31. The number of hydrogen-bond donors (Lipinski definition) is 1. The molecular weight excluding hydrogens is 313 g/mol. The van der Waals surface area contributed by atoms with Crippen molar-refractivity contribution in [3.05, 3.63) is 52.0 Å². The van der Waals surface area contributed by atoms with Gasteiger partial charge in [-0.05, 0) is 24.1 Å². The molecule has 2 aromatic rings. The summed E-state index contributed by atoms with van der Waals surface area (Å²) in [5.41, 5.74) is 1.54. The average Bonchev–Trinajstić information content (AvgIpc) is 3.00. The van der Waals surface area contributed by atoms with Crippen molar-refractivity contribution in [2.45, 2.75) is 32.0 Å². The van der Waals surface area contributed by atoms with Crippen molar-refractivity contribution >= 4 is 17.2 Å². The summed E-state index contributed by atoms with van der Waals surface area (Å²) in [6.45, 7) is 1.91. The largest absolute Gasteiger partial charge is 0.416 e. The number of halogens is 3. The molecule has 1 N–H and O–H groups in total. The molecule has 0 saturated heterocycles. The zero-order valence-electron chi connectivity index (χ0n) is 11.9. The van der Waals surface area contributed by atoms with E-state index in [9.17, 15) is 18.0 Å². The van der Waals surface area contributed by atoms with E-state index in [4.69, 9.17) is 0 Å². The van der Waals surface area contributed by atoms with Crippen LogP contribution in [-0.4, -0.2) is 10.9 Å². The van der Waals surface area contributed by atoms with Crippen LogP contribution in [0.4, 0.5) is 13.2 Å². The second-order valence-corrected chi connectivity index (χ2v) is 5.53. The Morgan fingerprint density at radius 1 is 1.41 bits per heavy atom. The summed E-state index contributed by atoms with van der Waals surface area (Å²) in [7, 11) is 0. The summed E-state index contributed by atoms with van der Waals surface area (Å²) in [6.07, 6.45) is -3.11. The van der Waals surface area contributed by atoms with Crippen LogP contribution in [0.25, 0.3) is 0 Å². The minimum absolute atomic E-state index is 0.276. The van der Waals surface area contributed by atoms with Gasteiger partial charge in [0.1, 0.15) is 5.69 Å². The Kier molecular flexibility index (Phi) is 5.18. The molecule has 0 aliphatic carbocycles. The summed E-state index contributed by atoms with van der Waals surface area (Å²) in [6, 6.07) is 4.59. The number of carbonyl (C=O) groups excluding carboxylic acids is 1. The highest BCUT2D eigenvalue weighted by atomic mass is 32.1. The Hall–Kier alpha value is -1.89. The second kappa shape index (κ2) is 6.91. The molecule has 0 aliphatic heterocycles. The molecule has 0 fully saturated rings. The van der Waals surface area contributed by atoms with Crippen LogP contribution in [0.15, 0.2) is 35.2 Å². The van der Waals surface area contributed by atoms with Crippen LogP contribution in [0.1, 0.15) is 47.4 Å². The summed E-state index contributed by atoms with van der Waals surface area (Å²) in [5.74, 6) is -0.378. The average molecular weight is 328 g/mol. The number of alkyl halides is 3. The Bertz CT molecular complexity index is 626. The van der Waals surface area contributed by atoms with Gasteiger partial charge in [0.2, 0.25) is 0 Å². The van der Waals surface area contributed by atoms with E-state index in [1.165, 1.54) is 22.9 Å². The van der Waals surface area contributed by atoms with Crippen LogP contribution in [0.2, 0.25) is 0 Å². The number of thiazole rings is 1. The van der Waals surface area contributed by atoms with Crippen LogP contribution in [0.3, 0.4) is 0 Å². The van der Waals surface area contributed by atoms with E-state index in [0.717, 1.165) is 18.6 Å². The standard InChI is InChI=1S/C15H15F3N2OS/c1-2-4-12(20-14(21)13-8-22-9-19-13)10-5-3-6-11(7-10)15(16,17)18/h3,5-9,12H,2,4H2,1H3,(H,20,21). The first kappa shape index (κ1) is 16.5. The molecule has 7 heteroatoms. The van der Waals surface area contributed by atoms with E-state index in [0.29, 0.717) is 12.0 Å². The van der Waals surface area contributed by atoms with E-state index in [-0.39, 0.29) is 11.6 Å². The van der Waals surface area contributed by atoms with E-state index < -0.39 is 17.8 Å². The molecule has 1 unspecified atom stereocenters. The topological polar surface area (TPSA) is 42.0 Å². The van der Waals surface area contributed by atoms with Gasteiger partial charge in [-0.2, -0.15) is 13.2 Å². The first-order valence-corrected chi connectivity index (χ1v) is 7.72. The molecule has 1 aromatic carbocycles. The molecule has 22 heavy (non-hydrogen) atoms. The van der Waals surface area contributed by atoms with Crippen molar-refractivity contribution in [1.29, 1.82) is 0 Å². The molecule has 1 atom stereocenters. The van der Waals surface area contributed by atoms with Crippen molar-refractivity contribution < 1.29 is 18.0 Å². The van der Waals surface area contributed by atoms with Gasteiger partial charge in [-0.15, -0.1) is 11.3 Å². The lowest BCUT2D eigenvalue weighted by atomic mass is 9.99. The van der Waals surface area contributed by atoms with Gasteiger partial charge in [0.25, 0.3) is 5.91 Å². The maximum absolute atomic E-state index is 12.8. The van der Waals surface area contributed by atoms with Crippen LogP contribution < -0.4 is 5.32 Å². The van der Waals surface area contributed by atoms with Crippen molar-refractivity contribution in [1.82, 2.24) is 10.3 Å². The summed E-state index contributed by atoms with van der Waals surface area (Å²) < 4.78 is 38.4. The first-order chi connectivity index (χ1) is 10.4. The normalized spacial score (nSPS) is 12.9. The molecule has 118 valence electrons. The molecule has 1 amide bonds. The van der Waals surface area contributed by atoms with Crippen LogP contribution in [0, 0.1) is 0 Å². The zero-order valence-corrected chi connectivity index (χ0v) is 12.7. The Labute approximate surface area is 130 Å². The van der Waals surface area contributed by atoms with Crippen LogP contribution in [-0.2, 0) is 6.18 Å². The number of rotatable bonds is 5. The Balaban J connectivity index is 2.22. The van der Waals surface area contributed by atoms with Gasteiger partial charge in [0.05, 0.1) is 17.1 Å². The molecule has 3 nitrogen and oxygen atoms in total. The van der Waals surface area contributed by atoms with Gasteiger partial charge in [0.15, 0.2) is 0 Å². The van der Waals surface area contributed by atoms with Gasteiger partial charge in [-0.25, -0.2) is 4.98 Å². The number of amides is 1. The molecule has 0 spiro atoms. The zero-order chi connectivity index (χ0) is 16.2. The fourth-order valence-electron chi connectivity index (χ4n) is 2.10. The number of nitrogens with zero attached hydrogens (tertiary/aromatic N) is 1. The van der Waals surface area contributed by atoms with Gasteiger partial charge in [-0.1, -0.05) is 25.5 Å². The van der Waals surface area contributed by atoms with Crippen molar-refractivity contribution in [3.63, 3.8) is 0 Å². The van der Waals surface area contributed by atoms with Crippen molar-refractivity contribution in [2.24, 2.45) is 0 Å². The maximum Gasteiger partial charge on any atom is 0.416 e. The highest BCUT2D eigenvalue weighted by Gasteiger charge is 2.31. The maximum atomic E-state index is 12.8. The number of benzene rings is 1. The SMILES string of the molecule is CCCC(NC(=O)c1cscn1)c1cccc(C(F)(F)F)c1. The predicted molar refractivity (Wildman–Crippen MR) is 78.7 cm³/mol. The van der Waals surface area contributed by atoms with E-state index in [1.807, 2.05) is 6.92 Å². The summed E-state index contributed by atoms with van der Waals surface area (Å²) in [5, 5.41) is 4.35. The molecule has 0 radical (unpaired) electrons. The molecule has 0 saturated carbocycles. The van der Waals surface area contributed by atoms with Crippen LogP contribution in [0.5, 0.6) is 0 Å². The smallest absolute Gasteiger partial charge is 0.344 e. The predicted octanol–water partition coefficient (Wildman–Crippen LogP) is 4.43. The minimum atomic E-state index is -4.40. The molecule has 2 rings (SSSR count). The lowest BCUT2D eigenvalue weighted by Crippen LogP contribution is -2.29. The van der Waals surface area contributed by atoms with Gasteiger partial charge in [0, 0.05) is 5.38 Å². The Morgan fingerprint density at radius 2 is 2.18 bits per heavy atom. The van der Waals surface area contributed by atoms with Gasteiger partial charge in [-0.3, -0.25) is 4.79 Å². The molecular formula is C15H15F3N2OS. The lowest BCUT2D eigenvalue weighted by Gasteiger charge is -2.19. The summed E-state index contributed by atoms with van der Waals surface area (Å²) >= 11 is 1.29. The Morgan fingerprint density at radius 3 is 2.77 bits per heavy atom. The number of nitrogens with one attached hydrogen (secondary N) is 1. The van der Waals surface area contributed by atoms with E-state index in [2.05, 4.69) is 10.3 Å². The summed E-state index contributed by atoms with van der Waals surface area (Å²) in [4.78, 5) is 16.0. The quantitative estimate of drug-likeness (QED) is 0.882. The number of carbonyl (C=O) groups is 1. The van der Waals surface area contributed by atoms with Crippen molar-refractivity contribution in [3.8, 4) is 0 Å². The highest BCUT2D eigenvalue weighted by molar-refractivity contribution is 7.07. The molecule has 0 bridgehead atoms. The minimum Gasteiger partial charge on any atom is -0.344 e. The molecule has 0 aliphatic rings. The molecule has 1 aromatic heterocycles. The number of aromatic nitrogens is 1. The fourth-order valence-corrected chi connectivity index (χ4v) is 2.63. The third kappa shape index (κ3) is 4.07.